The lowest BCUT2D eigenvalue weighted by Gasteiger charge is -2.13. The average Bonchev–Trinajstić information content (AvgIpc) is 3.98. The Morgan fingerprint density at radius 2 is 0.618 bits per heavy atom. The third kappa shape index (κ3) is 6.39. The van der Waals surface area contributed by atoms with Crippen LogP contribution in [0.15, 0.2) is 229 Å². The van der Waals surface area contributed by atoms with Crippen LogP contribution in [0.2, 0.25) is 0 Å². The highest BCUT2D eigenvalue weighted by Gasteiger charge is 2.17. The summed E-state index contributed by atoms with van der Waals surface area (Å²) in [7, 11) is 0. The highest BCUT2D eigenvalue weighted by atomic mass is 32.1. The van der Waals surface area contributed by atoms with Crippen LogP contribution in [-0.2, 0) is 0 Å². The highest BCUT2D eigenvalue weighted by molar-refractivity contribution is 7.25. The molecule has 0 aliphatic carbocycles. The Morgan fingerprint density at radius 3 is 1.24 bits per heavy atom. The van der Waals surface area contributed by atoms with Crippen LogP contribution >= 0.6 is 11.3 Å². The van der Waals surface area contributed by atoms with Crippen LogP contribution in [0.1, 0.15) is 0 Å². The van der Waals surface area contributed by atoms with Crippen molar-refractivity contribution >= 4 is 85.8 Å². The molecule has 0 aliphatic rings. The first-order valence-electron chi connectivity index (χ1n) is 22.9. The normalized spacial score (nSPS) is 11.8. The fourth-order valence-corrected chi connectivity index (χ4v) is 11.2. The van der Waals surface area contributed by atoms with E-state index in [-0.39, 0.29) is 0 Å². The predicted molar refractivity (Wildman–Crippen MR) is 285 cm³/mol. The van der Waals surface area contributed by atoms with Gasteiger partial charge in [-0.05, 0) is 132 Å². The number of furan rings is 1. The molecule has 4 nitrogen and oxygen atoms in total. The smallest absolute Gasteiger partial charge is 0.164 e. The number of hydrogen-bond donors (Lipinski definition) is 0. The Hall–Kier alpha value is -8.77. The number of thiophene rings is 1. The maximum atomic E-state index is 6.68. The molecule has 0 amide bonds. The summed E-state index contributed by atoms with van der Waals surface area (Å²) in [6.07, 6.45) is 0. The van der Waals surface area contributed by atoms with Crippen molar-refractivity contribution < 1.29 is 4.42 Å². The van der Waals surface area contributed by atoms with Gasteiger partial charge in [0, 0.05) is 47.6 Å². The first-order chi connectivity index (χ1) is 33.6. The molecular formula is C63H37N3OS. The van der Waals surface area contributed by atoms with Crippen molar-refractivity contribution in [2.24, 2.45) is 0 Å². The van der Waals surface area contributed by atoms with Gasteiger partial charge in [0.15, 0.2) is 17.5 Å². The van der Waals surface area contributed by atoms with E-state index in [1.54, 1.807) is 11.3 Å². The molecule has 3 heterocycles. The lowest BCUT2D eigenvalue weighted by Crippen LogP contribution is -2.00. The lowest BCUT2D eigenvalue weighted by atomic mass is 9.91. The van der Waals surface area contributed by atoms with Crippen molar-refractivity contribution in [3.63, 3.8) is 0 Å². The van der Waals surface area contributed by atoms with Crippen molar-refractivity contribution in [3.05, 3.63) is 224 Å². The molecule has 0 bridgehead atoms. The summed E-state index contributed by atoms with van der Waals surface area (Å²) in [5, 5.41) is 12.2. The number of hydrogen-bond acceptors (Lipinski definition) is 5. The zero-order valence-corrected chi connectivity index (χ0v) is 37.3. The third-order valence-electron chi connectivity index (χ3n) is 13.5. The fourth-order valence-electron chi connectivity index (χ4n) is 10.2. The summed E-state index contributed by atoms with van der Waals surface area (Å²) in [5.41, 5.74) is 11.3. The van der Waals surface area contributed by atoms with Crippen LogP contribution in [0.3, 0.4) is 0 Å². The second kappa shape index (κ2) is 15.4. The number of rotatable bonds is 6. The van der Waals surface area contributed by atoms with E-state index in [9.17, 15) is 0 Å². The van der Waals surface area contributed by atoms with E-state index in [2.05, 4.69) is 194 Å². The standard InChI is InChI=1S/C63H37N3OS/c1-2-12-38(13-3-1)61-64-62(45-27-31-60-56(35-45)54-22-8-9-23-59(54)68-60)66-63(65-61)46-26-30-53-52-29-25-44(36-57(52)67-58(53)37-46)42-17-11-15-40(33-42)39-14-10-16-41(32-39)43-24-28-51-49-20-5-4-18-47(49)48-19-6-7-21-50(48)55(51)34-43/h1-37H. The fraction of sp³-hybridized carbons (Fsp3) is 0. The molecule has 316 valence electrons. The van der Waals surface area contributed by atoms with Crippen molar-refractivity contribution in [1.82, 2.24) is 15.0 Å². The van der Waals surface area contributed by atoms with Gasteiger partial charge in [0.1, 0.15) is 11.2 Å². The molecule has 68 heavy (non-hydrogen) atoms. The first kappa shape index (κ1) is 38.5. The molecule has 0 N–H and O–H groups in total. The van der Waals surface area contributed by atoms with Crippen LogP contribution in [0.4, 0.5) is 0 Å². The number of fused-ring (bicyclic) bond motifs is 12. The Kier molecular flexibility index (Phi) is 8.73. The van der Waals surface area contributed by atoms with Crippen LogP contribution in [0.5, 0.6) is 0 Å². The molecule has 0 unspecified atom stereocenters. The maximum Gasteiger partial charge on any atom is 0.164 e. The largest absolute Gasteiger partial charge is 0.456 e. The van der Waals surface area contributed by atoms with Gasteiger partial charge < -0.3 is 4.42 Å². The molecule has 14 aromatic rings. The molecule has 0 saturated carbocycles. The first-order valence-corrected chi connectivity index (χ1v) is 23.7. The number of benzene rings is 11. The number of nitrogens with zero attached hydrogens (tertiary/aromatic N) is 3. The zero-order chi connectivity index (χ0) is 44.7. The van der Waals surface area contributed by atoms with Crippen molar-refractivity contribution in [1.29, 1.82) is 0 Å². The van der Waals surface area contributed by atoms with Crippen LogP contribution < -0.4 is 0 Å². The average molecular weight is 884 g/mol. The second-order valence-corrected chi connectivity index (χ2v) is 18.6. The third-order valence-corrected chi connectivity index (χ3v) is 14.7. The minimum Gasteiger partial charge on any atom is -0.456 e. The molecule has 0 spiro atoms. The Labute approximate surface area is 395 Å². The molecule has 11 aromatic carbocycles. The molecule has 0 saturated heterocycles. The van der Waals surface area contributed by atoms with Gasteiger partial charge in [-0.25, -0.2) is 15.0 Å². The minimum atomic E-state index is 0.593. The molecule has 14 rings (SSSR count). The molecule has 0 fully saturated rings. The monoisotopic (exact) mass is 883 g/mol. The van der Waals surface area contributed by atoms with E-state index in [4.69, 9.17) is 19.4 Å². The van der Waals surface area contributed by atoms with Crippen molar-refractivity contribution in [2.75, 3.05) is 0 Å². The van der Waals surface area contributed by atoms with Gasteiger partial charge in [-0.1, -0.05) is 158 Å². The molecule has 3 aromatic heterocycles. The van der Waals surface area contributed by atoms with Crippen LogP contribution in [-0.4, -0.2) is 15.0 Å². The van der Waals surface area contributed by atoms with E-state index in [0.29, 0.717) is 17.5 Å². The highest BCUT2D eigenvalue weighted by Crippen LogP contribution is 2.40. The summed E-state index contributed by atoms with van der Waals surface area (Å²) >= 11 is 1.80. The SMILES string of the molecule is c1ccc(-c2nc(-c3ccc4c(c3)oc3cc(-c5cccc(-c6cccc(-c7ccc8c9ccccc9c9ccccc9c8c7)c6)c5)ccc34)nc(-c3ccc4sc5ccccc5c4c3)n2)cc1. The van der Waals surface area contributed by atoms with Gasteiger partial charge in [0.2, 0.25) is 0 Å². The van der Waals surface area contributed by atoms with Gasteiger partial charge in [-0.3, -0.25) is 0 Å². The summed E-state index contributed by atoms with van der Waals surface area (Å²) in [6, 6.07) is 80.1. The Morgan fingerprint density at radius 1 is 0.235 bits per heavy atom. The summed E-state index contributed by atoms with van der Waals surface area (Å²) in [5.74, 6) is 1.85. The van der Waals surface area contributed by atoms with E-state index in [1.807, 2.05) is 30.3 Å². The van der Waals surface area contributed by atoms with Gasteiger partial charge in [0.25, 0.3) is 0 Å². The van der Waals surface area contributed by atoms with Crippen molar-refractivity contribution in [3.8, 4) is 67.5 Å². The predicted octanol–water partition coefficient (Wildman–Crippen LogP) is 17.6. The zero-order valence-electron chi connectivity index (χ0n) is 36.5. The van der Waals surface area contributed by atoms with E-state index >= 15 is 0 Å². The van der Waals surface area contributed by atoms with Gasteiger partial charge in [-0.15, -0.1) is 11.3 Å². The van der Waals surface area contributed by atoms with E-state index < -0.39 is 0 Å². The van der Waals surface area contributed by atoms with Crippen molar-refractivity contribution in [2.45, 2.75) is 0 Å². The molecule has 5 heteroatoms. The lowest BCUT2D eigenvalue weighted by molar-refractivity contribution is 0.669. The Bertz CT molecular complexity index is 4300. The summed E-state index contributed by atoms with van der Waals surface area (Å²) in [6.45, 7) is 0. The summed E-state index contributed by atoms with van der Waals surface area (Å²) in [4.78, 5) is 15.2. The Balaban J connectivity index is 0.807. The van der Waals surface area contributed by atoms with Crippen LogP contribution in [0, 0.1) is 0 Å². The van der Waals surface area contributed by atoms with Gasteiger partial charge in [0.05, 0.1) is 0 Å². The topological polar surface area (TPSA) is 51.8 Å². The van der Waals surface area contributed by atoms with E-state index in [0.717, 1.165) is 55.3 Å². The minimum absolute atomic E-state index is 0.593. The van der Waals surface area contributed by atoms with Gasteiger partial charge in [-0.2, -0.15) is 0 Å². The summed E-state index contributed by atoms with van der Waals surface area (Å²) < 4.78 is 9.18. The second-order valence-electron chi connectivity index (χ2n) is 17.5. The van der Waals surface area contributed by atoms with Gasteiger partial charge >= 0.3 is 0 Å². The molecular weight excluding hydrogens is 847 g/mol. The van der Waals surface area contributed by atoms with E-state index in [1.165, 1.54) is 69.2 Å². The maximum absolute atomic E-state index is 6.68. The molecule has 0 aliphatic heterocycles. The quantitative estimate of drug-likeness (QED) is 0.156. The van der Waals surface area contributed by atoms with Crippen LogP contribution in [0.25, 0.3) is 142 Å². The molecule has 0 radical (unpaired) electrons. The number of aromatic nitrogens is 3. The molecule has 0 atom stereocenters.